The fraction of sp³-hybridized carbons (Fsp3) is 0. The van der Waals surface area contributed by atoms with Crippen molar-refractivity contribution < 1.29 is 4.79 Å². The number of carbonyl (C=O) groups is 1. The summed E-state index contributed by atoms with van der Waals surface area (Å²) in [6.07, 6.45) is 5.72. The van der Waals surface area contributed by atoms with Crippen LogP contribution in [-0.4, -0.2) is 25.8 Å². The number of carbonyl (C=O) groups excluding carboxylic acids is 1. The minimum atomic E-state index is -0.400. The minimum absolute atomic E-state index is 0.0666. The minimum Gasteiger partial charge on any atom is -0.305 e. The number of hydrogen-bond donors (Lipinski definition) is 1. The van der Waals surface area contributed by atoms with Crippen LogP contribution in [0.2, 0.25) is 5.28 Å². The van der Waals surface area contributed by atoms with Gasteiger partial charge in [-0.15, -0.1) is 0 Å². The number of anilines is 1. The Hall–Kier alpha value is -2.08. The zero-order valence-electron chi connectivity index (χ0n) is 7.96. The number of halogens is 1. The monoisotopic (exact) mass is 235 g/mol. The van der Waals surface area contributed by atoms with Crippen LogP contribution in [0, 0.1) is 0 Å². The number of rotatable bonds is 2. The zero-order valence-corrected chi connectivity index (χ0v) is 8.72. The highest BCUT2D eigenvalue weighted by molar-refractivity contribution is 6.28. The lowest BCUT2D eigenvalue weighted by atomic mass is 10.4. The summed E-state index contributed by atoms with van der Waals surface area (Å²) in [5.41, 5.74) is 0.206. The zero-order chi connectivity index (χ0) is 11.4. The van der Waals surface area contributed by atoms with Crippen molar-refractivity contribution >= 4 is 23.3 Å². The first kappa shape index (κ1) is 10.4. The molecule has 1 N–H and O–H groups in total. The fourth-order valence-corrected chi connectivity index (χ4v) is 1.15. The van der Waals surface area contributed by atoms with E-state index < -0.39 is 5.91 Å². The molecule has 0 fully saturated rings. The molecule has 1 amide bonds. The second-order valence-electron chi connectivity index (χ2n) is 2.76. The van der Waals surface area contributed by atoms with Crippen LogP contribution in [0.1, 0.15) is 10.5 Å². The van der Waals surface area contributed by atoms with Gasteiger partial charge in [-0.05, 0) is 17.7 Å². The van der Waals surface area contributed by atoms with Gasteiger partial charge in [0, 0.05) is 18.6 Å². The van der Waals surface area contributed by atoms with Crippen LogP contribution in [0.5, 0.6) is 0 Å². The molecule has 0 unspecified atom stereocenters. The number of nitrogens with zero attached hydrogens (tertiary/aromatic N) is 4. The molecule has 0 aliphatic carbocycles. The van der Waals surface area contributed by atoms with Crippen molar-refractivity contribution in [2.75, 3.05) is 5.32 Å². The summed E-state index contributed by atoms with van der Waals surface area (Å²) in [4.78, 5) is 26.7. The van der Waals surface area contributed by atoms with Crippen molar-refractivity contribution in [2.24, 2.45) is 0 Å². The molecule has 6 nitrogen and oxygen atoms in total. The smallest absolute Gasteiger partial charge is 0.277 e. The quantitative estimate of drug-likeness (QED) is 0.791. The molecule has 2 heterocycles. The number of aromatic nitrogens is 4. The van der Waals surface area contributed by atoms with Crippen LogP contribution in [-0.2, 0) is 0 Å². The van der Waals surface area contributed by atoms with Gasteiger partial charge < -0.3 is 5.32 Å². The Morgan fingerprint density at radius 1 is 1.25 bits per heavy atom. The van der Waals surface area contributed by atoms with E-state index in [9.17, 15) is 4.79 Å². The van der Waals surface area contributed by atoms with Gasteiger partial charge in [0.2, 0.25) is 5.28 Å². The topological polar surface area (TPSA) is 80.7 Å². The third kappa shape index (κ3) is 2.48. The standard InChI is InChI=1S/C9H6ClN5O/c10-9-13-2-1-7(15-9)14-8(16)6-5-11-3-4-12-6/h1-5H,(H,13,14,15,16). The second kappa shape index (κ2) is 4.63. The lowest BCUT2D eigenvalue weighted by molar-refractivity contribution is 0.102. The van der Waals surface area contributed by atoms with Gasteiger partial charge in [-0.25, -0.2) is 15.0 Å². The lowest BCUT2D eigenvalue weighted by Crippen LogP contribution is -2.14. The Morgan fingerprint density at radius 2 is 2.12 bits per heavy atom. The van der Waals surface area contributed by atoms with Crippen LogP contribution in [0.25, 0.3) is 0 Å². The predicted molar refractivity (Wildman–Crippen MR) is 57.0 cm³/mol. The Balaban J connectivity index is 2.14. The third-order valence-corrected chi connectivity index (χ3v) is 1.85. The highest BCUT2D eigenvalue weighted by Gasteiger charge is 2.08. The Morgan fingerprint density at radius 3 is 2.81 bits per heavy atom. The average Bonchev–Trinajstić information content (AvgIpc) is 2.30. The summed E-state index contributed by atoms with van der Waals surface area (Å²) in [6.45, 7) is 0. The molecule has 16 heavy (non-hydrogen) atoms. The molecule has 2 rings (SSSR count). The summed E-state index contributed by atoms with van der Waals surface area (Å²) in [5, 5.41) is 2.59. The van der Waals surface area contributed by atoms with Gasteiger partial charge in [-0.2, -0.15) is 0 Å². The first-order chi connectivity index (χ1) is 7.75. The number of hydrogen-bond acceptors (Lipinski definition) is 5. The van der Waals surface area contributed by atoms with E-state index in [1.165, 1.54) is 30.9 Å². The highest BCUT2D eigenvalue weighted by Crippen LogP contribution is 2.06. The van der Waals surface area contributed by atoms with Gasteiger partial charge in [-0.3, -0.25) is 9.78 Å². The molecule has 2 aromatic rings. The molecule has 0 saturated heterocycles. The summed E-state index contributed by atoms with van der Waals surface area (Å²) < 4.78 is 0. The van der Waals surface area contributed by atoms with Gasteiger partial charge in [-0.1, -0.05) is 0 Å². The van der Waals surface area contributed by atoms with Crippen LogP contribution in [0.4, 0.5) is 5.82 Å². The second-order valence-corrected chi connectivity index (χ2v) is 3.09. The highest BCUT2D eigenvalue weighted by atomic mass is 35.5. The normalized spacial score (nSPS) is 9.81. The molecular formula is C9H6ClN5O. The van der Waals surface area contributed by atoms with Crippen molar-refractivity contribution in [3.63, 3.8) is 0 Å². The van der Waals surface area contributed by atoms with Crippen LogP contribution in [0.15, 0.2) is 30.9 Å². The van der Waals surface area contributed by atoms with Gasteiger partial charge >= 0.3 is 0 Å². The number of nitrogens with one attached hydrogen (secondary N) is 1. The van der Waals surface area contributed by atoms with E-state index >= 15 is 0 Å². The summed E-state index contributed by atoms with van der Waals surface area (Å²) in [6, 6.07) is 1.53. The van der Waals surface area contributed by atoms with Crippen LogP contribution < -0.4 is 5.32 Å². The van der Waals surface area contributed by atoms with Gasteiger partial charge in [0.25, 0.3) is 5.91 Å². The van der Waals surface area contributed by atoms with Crippen LogP contribution in [0.3, 0.4) is 0 Å². The summed E-state index contributed by atoms with van der Waals surface area (Å²) in [5.74, 6) is -0.0847. The predicted octanol–water partition coefficient (Wildman–Crippen LogP) is 1.17. The van der Waals surface area contributed by atoms with Gasteiger partial charge in [0.05, 0.1) is 6.20 Å². The van der Waals surface area contributed by atoms with Crippen molar-refractivity contribution in [1.82, 2.24) is 19.9 Å². The molecule has 0 aliphatic rings. The van der Waals surface area contributed by atoms with E-state index in [0.29, 0.717) is 5.82 Å². The largest absolute Gasteiger partial charge is 0.305 e. The molecule has 0 aliphatic heterocycles. The fourth-order valence-electron chi connectivity index (χ4n) is 1.00. The maximum atomic E-state index is 11.6. The van der Waals surface area contributed by atoms with Gasteiger partial charge in [0.1, 0.15) is 11.5 Å². The summed E-state index contributed by atoms with van der Waals surface area (Å²) in [7, 11) is 0. The van der Waals surface area contributed by atoms with E-state index in [-0.39, 0.29) is 11.0 Å². The first-order valence-corrected chi connectivity index (χ1v) is 4.69. The third-order valence-electron chi connectivity index (χ3n) is 1.66. The van der Waals surface area contributed by atoms with Crippen molar-refractivity contribution in [3.05, 3.63) is 41.8 Å². The molecule has 0 atom stereocenters. The van der Waals surface area contributed by atoms with E-state index in [2.05, 4.69) is 25.3 Å². The summed E-state index contributed by atoms with van der Waals surface area (Å²) >= 11 is 5.57. The van der Waals surface area contributed by atoms with E-state index in [1.54, 1.807) is 0 Å². The Labute approximate surface area is 95.7 Å². The maximum Gasteiger partial charge on any atom is 0.277 e. The van der Waals surface area contributed by atoms with Gasteiger partial charge in [0.15, 0.2) is 0 Å². The van der Waals surface area contributed by atoms with Crippen LogP contribution >= 0.6 is 11.6 Å². The SMILES string of the molecule is O=C(Nc1ccnc(Cl)n1)c1cnccn1. The van der Waals surface area contributed by atoms with Crippen molar-refractivity contribution in [2.45, 2.75) is 0 Å². The molecule has 7 heteroatoms. The Kier molecular flexibility index (Phi) is 3.02. The van der Waals surface area contributed by atoms with Crippen molar-refractivity contribution in [3.8, 4) is 0 Å². The molecular weight excluding hydrogens is 230 g/mol. The van der Waals surface area contributed by atoms with E-state index in [0.717, 1.165) is 0 Å². The number of amides is 1. The Bertz CT molecular complexity index is 504. The van der Waals surface area contributed by atoms with Crippen molar-refractivity contribution in [1.29, 1.82) is 0 Å². The molecule has 0 aromatic carbocycles. The average molecular weight is 236 g/mol. The molecule has 0 radical (unpaired) electrons. The molecule has 0 saturated carbocycles. The molecule has 2 aromatic heterocycles. The molecule has 80 valence electrons. The molecule has 0 bridgehead atoms. The maximum absolute atomic E-state index is 11.6. The van der Waals surface area contributed by atoms with E-state index in [4.69, 9.17) is 11.6 Å². The lowest BCUT2D eigenvalue weighted by Gasteiger charge is -2.02. The van der Waals surface area contributed by atoms with E-state index in [1.807, 2.05) is 0 Å². The first-order valence-electron chi connectivity index (χ1n) is 4.31. The molecule has 0 spiro atoms.